The van der Waals surface area contributed by atoms with Crippen molar-refractivity contribution in [2.75, 3.05) is 13.6 Å². The molecule has 1 aromatic rings. The van der Waals surface area contributed by atoms with Gasteiger partial charge in [0, 0.05) is 25.7 Å². The van der Waals surface area contributed by atoms with Crippen LogP contribution in [0.1, 0.15) is 56.1 Å². The van der Waals surface area contributed by atoms with E-state index < -0.39 is 0 Å². The molecule has 0 aliphatic heterocycles. The monoisotopic (exact) mass is 286 g/mol. The van der Waals surface area contributed by atoms with Crippen LogP contribution in [0.25, 0.3) is 0 Å². The SMILES string of the molecule is CN(Cc1cccc(CNC2CC2)c1)CC1CCCCC1. The Balaban J connectivity index is 1.47. The van der Waals surface area contributed by atoms with Crippen LogP contribution in [0.3, 0.4) is 0 Å². The molecule has 2 aliphatic rings. The normalized spacial score (nSPS) is 20.1. The van der Waals surface area contributed by atoms with Gasteiger partial charge in [-0.25, -0.2) is 0 Å². The van der Waals surface area contributed by atoms with Crippen molar-refractivity contribution in [2.24, 2.45) is 5.92 Å². The fourth-order valence-corrected chi connectivity index (χ4v) is 3.57. The van der Waals surface area contributed by atoms with E-state index in [-0.39, 0.29) is 0 Å². The summed E-state index contributed by atoms with van der Waals surface area (Å²) in [7, 11) is 2.28. The molecule has 0 atom stereocenters. The maximum Gasteiger partial charge on any atom is 0.0230 e. The van der Waals surface area contributed by atoms with Gasteiger partial charge >= 0.3 is 0 Å². The number of nitrogens with zero attached hydrogens (tertiary/aromatic N) is 1. The molecule has 21 heavy (non-hydrogen) atoms. The average molecular weight is 286 g/mol. The molecule has 2 aliphatic carbocycles. The zero-order valence-electron chi connectivity index (χ0n) is 13.5. The van der Waals surface area contributed by atoms with Crippen LogP contribution < -0.4 is 5.32 Å². The Hall–Kier alpha value is -0.860. The third-order valence-electron chi connectivity index (χ3n) is 4.91. The van der Waals surface area contributed by atoms with Crippen LogP contribution in [-0.4, -0.2) is 24.5 Å². The minimum absolute atomic E-state index is 0.794. The highest BCUT2D eigenvalue weighted by molar-refractivity contribution is 5.23. The van der Waals surface area contributed by atoms with Gasteiger partial charge in [0.05, 0.1) is 0 Å². The Morgan fingerprint density at radius 2 is 1.81 bits per heavy atom. The molecule has 2 heteroatoms. The summed E-state index contributed by atoms with van der Waals surface area (Å²) in [6, 6.07) is 9.92. The summed E-state index contributed by atoms with van der Waals surface area (Å²) >= 11 is 0. The fraction of sp³-hybridized carbons (Fsp3) is 0.684. The average Bonchev–Trinajstić information content (AvgIpc) is 3.31. The highest BCUT2D eigenvalue weighted by Gasteiger charge is 2.20. The van der Waals surface area contributed by atoms with E-state index in [4.69, 9.17) is 0 Å². The van der Waals surface area contributed by atoms with Gasteiger partial charge in [0.2, 0.25) is 0 Å². The summed E-state index contributed by atoms with van der Waals surface area (Å²) in [5, 5.41) is 3.61. The Morgan fingerprint density at radius 3 is 2.57 bits per heavy atom. The van der Waals surface area contributed by atoms with E-state index in [0.29, 0.717) is 0 Å². The molecule has 1 N–H and O–H groups in total. The molecule has 1 aromatic carbocycles. The van der Waals surface area contributed by atoms with Gasteiger partial charge in [0.25, 0.3) is 0 Å². The molecule has 116 valence electrons. The van der Waals surface area contributed by atoms with Gasteiger partial charge in [-0.15, -0.1) is 0 Å². The lowest BCUT2D eigenvalue weighted by molar-refractivity contribution is 0.228. The first-order valence-electron chi connectivity index (χ1n) is 8.79. The summed E-state index contributed by atoms with van der Waals surface area (Å²) in [6.45, 7) is 3.39. The summed E-state index contributed by atoms with van der Waals surface area (Å²) in [4.78, 5) is 2.52. The predicted octanol–water partition coefficient (Wildman–Crippen LogP) is 3.95. The molecule has 0 unspecified atom stereocenters. The van der Waals surface area contributed by atoms with E-state index in [1.807, 2.05) is 0 Å². The molecule has 0 spiro atoms. The van der Waals surface area contributed by atoms with Crippen LogP contribution in [0, 0.1) is 5.92 Å². The Morgan fingerprint density at radius 1 is 1.05 bits per heavy atom. The maximum atomic E-state index is 3.61. The largest absolute Gasteiger partial charge is 0.310 e. The van der Waals surface area contributed by atoms with Gasteiger partial charge in [0.15, 0.2) is 0 Å². The number of benzene rings is 1. The fourth-order valence-electron chi connectivity index (χ4n) is 3.57. The van der Waals surface area contributed by atoms with E-state index >= 15 is 0 Å². The van der Waals surface area contributed by atoms with E-state index in [1.165, 1.54) is 62.6 Å². The van der Waals surface area contributed by atoms with Crippen LogP contribution in [0.4, 0.5) is 0 Å². The number of hydrogen-bond acceptors (Lipinski definition) is 2. The topological polar surface area (TPSA) is 15.3 Å². The number of rotatable bonds is 7. The van der Waals surface area contributed by atoms with Crippen LogP contribution in [0.15, 0.2) is 24.3 Å². The van der Waals surface area contributed by atoms with Crippen molar-refractivity contribution in [3.63, 3.8) is 0 Å². The second-order valence-electron chi connectivity index (χ2n) is 7.18. The predicted molar refractivity (Wildman–Crippen MR) is 89.2 cm³/mol. The Kier molecular flexibility index (Phi) is 5.32. The standard InChI is InChI=1S/C19H30N2/c1-21(14-16-6-3-2-4-7-16)15-18-9-5-8-17(12-18)13-20-19-10-11-19/h5,8-9,12,16,19-20H,2-4,6-7,10-11,13-15H2,1H3. The van der Waals surface area contributed by atoms with Gasteiger partial charge in [0.1, 0.15) is 0 Å². The van der Waals surface area contributed by atoms with Crippen molar-refractivity contribution < 1.29 is 0 Å². The molecule has 0 radical (unpaired) electrons. The van der Waals surface area contributed by atoms with Gasteiger partial charge in [-0.05, 0) is 49.8 Å². The number of nitrogens with one attached hydrogen (secondary N) is 1. The summed E-state index contributed by atoms with van der Waals surface area (Å²) < 4.78 is 0. The summed E-state index contributed by atoms with van der Waals surface area (Å²) in [5.74, 6) is 0.934. The second-order valence-corrected chi connectivity index (χ2v) is 7.18. The lowest BCUT2D eigenvalue weighted by atomic mass is 9.89. The minimum atomic E-state index is 0.794. The van der Waals surface area contributed by atoms with Crippen LogP contribution in [0.5, 0.6) is 0 Å². The lowest BCUT2D eigenvalue weighted by Crippen LogP contribution is -2.26. The Labute approximate surface area is 129 Å². The number of hydrogen-bond donors (Lipinski definition) is 1. The van der Waals surface area contributed by atoms with Crippen LogP contribution in [-0.2, 0) is 13.1 Å². The highest BCUT2D eigenvalue weighted by atomic mass is 15.1. The van der Waals surface area contributed by atoms with Gasteiger partial charge in [-0.2, -0.15) is 0 Å². The quantitative estimate of drug-likeness (QED) is 0.816. The van der Waals surface area contributed by atoms with Crippen LogP contribution >= 0.6 is 0 Å². The molecular weight excluding hydrogens is 256 g/mol. The van der Waals surface area contributed by atoms with Crippen molar-refractivity contribution in [1.82, 2.24) is 10.2 Å². The minimum Gasteiger partial charge on any atom is -0.310 e. The van der Waals surface area contributed by atoms with E-state index in [0.717, 1.165) is 25.0 Å². The van der Waals surface area contributed by atoms with Crippen molar-refractivity contribution in [1.29, 1.82) is 0 Å². The lowest BCUT2D eigenvalue weighted by Gasteiger charge is -2.27. The highest BCUT2D eigenvalue weighted by Crippen LogP contribution is 2.24. The van der Waals surface area contributed by atoms with Crippen molar-refractivity contribution in [3.8, 4) is 0 Å². The third-order valence-corrected chi connectivity index (χ3v) is 4.91. The van der Waals surface area contributed by atoms with Gasteiger partial charge in [-0.3, -0.25) is 0 Å². The van der Waals surface area contributed by atoms with Crippen molar-refractivity contribution in [3.05, 3.63) is 35.4 Å². The summed E-state index contributed by atoms with van der Waals surface area (Å²) in [6.07, 6.45) is 9.96. The zero-order chi connectivity index (χ0) is 14.5. The second kappa shape index (κ2) is 7.42. The van der Waals surface area contributed by atoms with Gasteiger partial charge in [-0.1, -0.05) is 43.5 Å². The van der Waals surface area contributed by atoms with Crippen molar-refractivity contribution in [2.45, 2.75) is 64.1 Å². The molecule has 3 rings (SSSR count). The molecule has 2 fully saturated rings. The zero-order valence-corrected chi connectivity index (χ0v) is 13.5. The first-order valence-corrected chi connectivity index (χ1v) is 8.79. The van der Waals surface area contributed by atoms with Crippen molar-refractivity contribution >= 4 is 0 Å². The molecule has 0 bridgehead atoms. The van der Waals surface area contributed by atoms with Gasteiger partial charge < -0.3 is 10.2 Å². The maximum absolute atomic E-state index is 3.61. The molecule has 2 nitrogen and oxygen atoms in total. The molecule has 2 saturated carbocycles. The van der Waals surface area contributed by atoms with E-state index in [1.54, 1.807) is 0 Å². The molecule has 0 heterocycles. The first kappa shape index (κ1) is 15.1. The smallest absolute Gasteiger partial charge is 0.0230 e. The molecule has 0 saturated heterocycles. The van der Waals surface area contributed by atoms with E-state index in [9.17, 15) is 0 Å². The molecular formula is C19H30N2. The Bertz CT molecular complexity index is 433. The molecule has 0 amide bonds. The van der Waals surface area contributed by atoms with Crippen LogP contribution in [0.2, 0.25) is 0 Å². The third kappa shape index (κ3) is 5.12. The van der Waals surface area contributed by atoms with E-state index in [2.05, 4.69) is 41.5 Å². The first-order chi connectivity index (χ1) is 10.3. The molecule has 0 aromatic heterocycles. The summed E-state index contributed by atoms with van der Waals surface area (Å²) in [5.41, 5.74) is 2.90.